The minimum Gasteiger partial charge on any atom is -0.497 e. The second kappa shape index (κ2) is 12.5. The summed E-state index contributed by atoms with van der Waals surface area (Å²) < 4.78 is 17.8. The number of nitrogens with one attached hydrogen (secondary N) is 2. The van der Waals surface area contributed by atoms with Crippen molar-refractivity contribution in [2.24, 2.45) is 4.99 Å². The van der Waals surface area contributed by atoms with E-state index in [-0.39, 0.29) is 6.04 Å². The lowest BCUT2D eigenvalue weighted by molar-refractivity contribution is 0.245. The van der Waals surface area contributed by atoms with Gasteiger partial charge in [0, 0.05) is 42.4 Å². The Balaban J connectivity index is 1.51. The molecule has 0 aromatic heterocycles. The van der Waals surface area contributed by atoms with Crippen LogP contribution in [0, 0.1) is 0 Å². The number of hydrogen-bond donors (Lipinski definition) is 2. The smallest absolute Gasteiger partial charge is 0.191 e. The third-order valence-corrected chi connectivity index (χ3v) is 6.85. The first-order valence-electron chi connectivity index (χ1n) is 10.9. The van der Waals surface area contributed by atoms with Crippen molar-refractivity contribution in [1.29, 1.82) is 0 Å². The number of benzene rings is 2. The van der Waals surface area contributed by atoms with E-state index in [0.29, 0.717) is 18.1 Å². The fourth-order valence-electron chi connectivity index (χ4n) is 3.89. The Morgan fingerprint density at radius 3 is 2.61 bits per heavy atom. The summed E-state index contributed by atoms with van der Waals surface area (Å²) in [7, 11) is 2.57. The summed E-state index contributed by atoms with van der Waals surface area (Å²) >= 11 is 0. The topological polar surface area (TPSA) is 66.0 Å². The first-order valence-corrected chi connectivity index (χ1v) is 12.4. The first kappa shape index (κ1) is 23.3. The van der Waals surface area contributed by atoms with Gasteiger partial charge in [0.05, 0.1) is 13.2 Å². The molecule has 0 bridgehead atoms. The number of methoxy groups -OCH3 is 1. The molecule has 168 valence electrons. The lowest BCUT2D eigenvalue weighted by Crippen LogP contribution is -2.43. The summed E-state index contributed by atoms with van der Waals surface area (Å²) in [4.78, 5) is 6.86. The van der Waals surface area contributed by atoms with Gasteiger partial charge in [-0.3, -0.25) is 14.1 Å². The van der Waals surface area contributed by atoms with Crippen LogP contribution in [0.25, 0.3) is 0 Å². The minimum atomic E-state index is -0.905. The Labute approximate surface area is 188 Å². The number of aliphatic imine (C=N–C) groups is 1. The third-order valence-electron chi connectivity index (χ3n) is 5.54. The van der Waals surface area contributed by atoms with Gasteiger partial charge in [0.1, 0.15) is 5.75 Å². The number of ether oxygens (including phenoxy) is 1. The van der Waals surface area contributed by atoms with Crippen LogP contribution in [0.5, 0.6) is 5.75 Å². The van der Waals surface area contributed by atoms with Crippen molar-refractivity contribution < 1.29 is 8.95 Å². The molecular formula is C24H34N4O2S. The maximum absolute atomic E-state index is 12.4. The van der Waals surface area contributed by atoms with Crippen LogP contribution in [-0.4, -0.2) is 61.2 Å². The molecule has 0 radical (unpaired) electrons. The third kappa shape index (κ3) is 7.36. The Bertz CT molecular complexity index is 854. The van der Waals surface area contributed by atoms with Crippen molar-refractivity contribution >= 4 is 16.8 Å². The molecule has 6 nitrogen and oxygen atoms in total. The fraction of sp³-hybridized carbons (Fsp3) is 0.458. The number of rotatable bonds is 10. The SMILES string of the molecule is CN=C(NCCS(=O)Cc1ccccc1)NCC(c1cccc(OC)c1)N1CCCC1. The zero-order valence-corrected chi connectivity index (χ0v) is 19.4. The molecule has 0 amide bonds. The summed E-state index contributed by atoms with van der Waals surface area (Å²) in [6.07, 6.45) is 2.47. The number of nitrogens with zero attached hydrogens (tertiary/aromatic N) is 2. The Kier molecular flexibility index (Phi) is 9.37. The van der Waals surface area contributed by atoms with Gasteiger partial charge in [0.25, 0.3) is 0 Å². The van der Waals surface area contributed by atoms with E-state index < -0.39 is 10.8 Å². The van der Waals surface area contributed by atoms with Crippen molar-refractivity contribution in [2.45, 2.75) is 24.6 Å². The molecule has 1 fully saturated rings. The van der Waals surface area contributed by atoms with Crippen molar-refractivity contribution in [3.63, 3.8) is 0 Å². The molecule has 31 heavy (non-hydrogen) atoms. The van der Waals surface area contributed by atoms with Crippen molar-refractivity contribution in [1.82, 2.24) is 15.5 Å². The molecule has 2 aromatic carbocycles. The standard InChI is InChI=1S/C24H34N4O2S/c1-25-24(26-13-16-31(29)19-20-9-4-3-5-10-20)27-18-23(28-14-6-7-15-28)21-11-8-12-22(17-21)30-2/h3-5,8-12,17,23H,6-7,13-16,18-19H2,1-2H3,(H2,25,26,27). The molecule has 1 heterocycles. The molecule has 0 saturated carbocycles. The van der Waals surface area contributed by atoms with E-state index >= 15 is 0 Å². The van der Waals surface area contributed by atoms with E-state index in [4.69, 9.17) is 4.74 Å². The molecular weight excluding hydrogens is 408 g/mol. The van der Waals surface area contributed by atoms with Gasteiger partial charge in [-0.2, -0.15) is 0 Å². The molecule has 2 atom stereocenters. The van der Waals surface area contributed by atoms with Crippen molar-refractivity contribution in [3.05, 3.63) is 65.7 Å². The molecule has 3 rings (SSSR count). The molecule has 1 saturated heterocycles. The quantitative estimate of drug-likeness (QED) is 0.438. The maximum Gasteiger partial charge on any atom is 0.191 e. The molecule has 1 aliphatic heterocycles. The predicted octanol–water partition coefficient (Wildman–Crippen LogP) is 2.95. The molecule has 1 aliphatic rings. The summed E-state index contributed by atoms with van der Waals surface area (Å²) in [6.45, 7) is 3.58. The molecule has 2 N–H and O–H groups in total. The van der Waals surface area contributed by atoms with Gasteiger partial charge in [0.2, 0.25) is 0 Å². The Morgan fingerprint density at radius 1 is 1.13 bits per heavy atom. The predicted molar refractivity (Wildman–Crippen MR) is 129 cm³/mol. The van der Waals surface area contributed by atoms with Crippen LogP contribution < -0.4 is 15.4 Å². The summed E-state index contributed by atoms with van der Waals surface area (Å²) in [5.41, 5.74) is 2.35. The highest BCUT2D eigenvalue weighted by Gasteiger charge is 2.24. The molecule has 2 aromatic rings. The van der Waals surface area contributed by atoms with Gasteiger partial charge < -0.3 is 15.4 Å². The molecule has 7 heteroatoms. The first-order chi connectivity index (χ1) is 15.2. The van der Waals surface area contributed by atoms with Crippen LogP contribution in [0.15, 0.2) is 59.6 Å². The normalized spacial score (nSPS) is 16.6. The fourth-order valence-corrected chi connectivity index (χ4v) is 4.93. The molecule has 2 unspecified atom stereocenters. The van der Waals surface area contributed by atoms with Gasteiger partial charge in [-0.25, -0.2) is 0 Å². The van der Waals surface area contributed by atoms with Crippen LogP contribution in [0.2, 0.25) is 0 Å². The van der Waals surface area contributed by atoms with Gasteiger partial charge >= 0.3 is 0 Å². The lowest BCUT2D eigenvalue weighted by Gasteiger charge is -2.29. The van der Waals surface area contributed by atoms with Crippen LogP contribution in [0.3, 0.4) is 0 Å². The number of hydrogen-bond acceptors (Lipinski definition) is 4. The highest BCUT2D eigenvalue weighted by atomic mass is 32.2. The van der Waals surface area contributed by atoms with Gasteiger partial charge in [0.15, 0.2) is 5.96 Å². The van der Waals surface area contributed by atoms with Crippen LogP contribution in [0.4, 0.5) is 0 Å². The summed E-state index contributed by atoms with van der Waals surface area (Å²) in [6, 6.07) is 18.5. The largest absolute Gasteiger partial charge is 0.497 e. The number of guanidine groups is 1. The molecule has 0 spiro atoms. The highest BCUT2D eigenvalue weighted by molar-refractivity contribution is 7.84. The van der Waals surface area contributed by atoms with E-state index in [2.05, 4.69) is 32.7 Å². The average molecular weight is 443 g/mol. The van der Waals surface area contributed by atoms with E-state index in [1.54, 1.807) is 14.2 Å². The maximum atomic E-state index is 12.4. The average Bonchev–Trinajstić information content (AvgIpc) is 3.33. The van der Waals surface area contributed by atoms with E-state index in [1.807, 2.05) is 42.5 Å². The lowest BCUT2D eigenvalue weighted by atomic mass is 10.1. The second-order valence-electron chi connectivity index (χ2n) is 7.69. The van der Waals surface area contributed by atoms with Crippen LogP contribution in [0.1, 0.15) is 30.0 Å². The van der Waals surface area contributed by atoms with Crippen molar-refractivity contribution in [2.75, 3.05) is 46.1 Å². The monoisotopic (exact) mass is 442 g/mol. The van der Waals surface area contributed by atoms with E-state index in [0.717, 1.165) is 36.9 Å². The zero-order valence-electron chi connectivity index (χ0n) is 18.5. The van der Waals surface area contributed by atoms with Crippen molar-refractivity contribution in [3.8, 4) is 5.75 Å². The highest BCUT2D eigenvalue weighted by Crippen LogP contribution is 2.27. The molecule has 0 aliphatic carbocycles. The summed E-state index contributed by atoms with van der Waals surface area (Å²) in [5.74, 6) is 2.79. The Hall–Kier alpha value is -2.38. The van der Waals surface area contributed by atoms with E-state index in [1.165, 1.54) is 18.4 Å². The summed E-state index contributed by atoms with van der Waals surface area (Å²) in [5, 5.41) is 6.77. The Morgan fingerprint density at radius 2 is 1.90 bits per heavy atom. The van der Waals surface area contributed by atoms with Gasteiger partial charge in [-0.1, -0.05) is 42.5 Å². The van der Waals surface area contributed by atoms with Gasteiger partial charge in [-0.15, -0.1) is 0 Å². The second-order valence-corrected chi connectivity index (χ2v) is 9.27. The minimum absolute atomic E-state index is 0.253. The van der Waals surface area contributed by atoms with Crippen LogP contribution in [-0.2, 0) is 16.6 Å². The van der Waals surface area contributed by atoms with E-state index in [9.17, 15) is 4.21 Å². The van der Waals surface area contributed by atoms with Crippen LogP contribution >= 0.6 is 0 Å². The van der Waals surface area contributed by atoms with Gasteiger partial charge in [-0.05, 0) is 49.2 Å². The zero-order chi connectivity index (χ0) is 21.9. The number of likely N-dealkylation sites (tertiary alicyclic amines) is 1.